The molecule has 2 heterocycles. The zero-order valence-corrected chi connectivity index (χ0v) is 12.4. The van der Waals surface area contributed by atoms with Gasteiger partial charge in [-0.05, 0) is 37.8 Å². The molecule has 0 aliphatic carbocycles. The largest absolute Gasteiger partial charge is 0.445 e. The van der Waals surface area contributed by atoms with Gasteiger partial charge < -0.3 is 10.6 Å². The Morgan fingerprint density at radius 2 is 2.29 bits per heavy atom. The van der Waals surface area contributed by atoms with Gasteiger partial charge in [0.05, 0.1) is 0 Å². The van der Waals surface area contributed by atoms with Crippen molar-refractivity contribution in [2.45, 2.75) is 32.4 Å². The molecule has 1 aromatic heterocycles. The average Bonchev–Trinajstić information content (AvgIpc) is 2.88. The molecule has 0 saturated carbocycles. The van der Waals surface area contributed by atoms with Gasteiger partial charge in [-0.3, -0.25) is 4.79 Å². The molecule has 118 valence electrons. The van der Waals surface area contributed by atoms with Crippen molar-refractivity contribution in [2.24, 2.45) is 11.8 Å². The average molecular weight is 322 g/mol. The Morgan fingerprint density at radius 1 is 1.52 bits per heavy atom. The molecule has 0 bridgehead atoms. The Kier molecular flexibility index (Phi) is 5.15. The summed E-state index contributed by atoms with van der Waals surface area (Å²) in [6.07, 6.45) is -2.10. The summed E-state index contributed by atoms with van der Waals surface area (Å²) < 4.78 is 37.1. The van der Waals surface area contributed by atoms with E-state index in [2.05, 4.69) is 20.8 Å². The van der Waals surface area contributed by atoms with Gasteiger partial charge >= 0.3 is 6.18 Å². The van der Waals surface area contributed by atoms with Crippen LogP contribution in [-0.2, 0) is 11.0 Å². The second-order valence-electron chi connectivity index (χ2n) is 5.25. The van der Waals surface area contributed by atoms with Crippen LogP contribution in [0, 0.1) is 11.8 Å². The summed E-state index contributed by atoms with van der Waals surface area (Å²) in [5.41, 5.74) is 0. The maximum atomic E-state index is 12.4. The Morgan fingerprint density at radius 3 is 2.86 bits per heavy atom. The topological polar surface area (TPSA) is 66.9 Å². The maximum absolute atomic E-state index is 12.4. The summed E-state index contributed by atoms with van der Waals surface area (Å²) in [5.74, 6) is 0.274. The van der Waals surface area contributed by atoms with Crippen molar-refractivity contribution in [3.8, 4) is 0 Å². The molecule has 1 saturated heterocycles. The Balaban J connectivity index is 1.85. The van der Waals surface area contributed by atoms with Crippen molar-refractivity contribution in [1.29, 1.82) is 0 Å². The van der Waals surface area contributed by atoms with Crippen LogP contribution in [0.4, 0.5) is 18.3 Å². The van der Waals surface area contributed by atoms with Gasteiger partial charge in [-0.2, -0.15) is 13.2 Å². The summed E-state index contributed by atoms with van der Waals surface area (Å²) >= 11 is 0.339. The van der Waals surface area contributed by atoms with E-state index in [9.17, 15) is 18.0 Å². The summed E-state index contributed by atoms with van der Waals surface area (Å²) in [6, 6.07) is 0. The highest BCUT2D eigenvalue weighted by atomic mass is 32.1. The first-order chi connectivity index (χ1) is 9.86. The van der Waals surface area contributed by atoms with Crippen molar-refractivity contribution in [2.75, 3.05) is 18.4 Å². The third kappa shape index (κ3) is 4.63. The number of rotatable bonds is 4. The number of hydrogen-bond donors (Lipinski definition) is 2. The number of halogens is 3. The van der Waals surface area contributed by atoms with Crippen LogP contribution in [0.1, 0.15) is 31.2 Å². The van der Waals surface area contributed by atoms with Crippen LogP contribution in [-0.4, -0.2) is 29.2 Å². The molecule has 5 nitrogen and oxygen atoms in total. The minimum absolute atomic E-state index is 0.110. The lowest BCUT2D eigenvalue weighted by Crippen LogP contribution is -2.34. The molecular weight excluding hydrogens is 305 g/mol. The fourth-order valence-corrected chi connectivity index (χ4v) is 3.01. The first-order valence-electron chi connectivity index (χ1n) is 6.77. The molecule has 1 aliphatic rings. The highest BCUT2D eigenvalue weighted by molar-refractivity contribution is 7.15. The normalized spacial score (nSPS) is 21.0. The van der Waals surface area contributed by atoms with Crippen LogP contribution < -0.4 is 10.6 Å². The van der Waals surface area contributed by atoms with Crippen LogP contribution in [0.5, 0.6) is 0 Å². The van der Waals surface area contributed by atoms with Crippen molar-refractivity contribution < 1.29 is 18.0 Å². The summed E-state index contributed by atoms with van der Waals surface area (Å²) in [5, 5.41) is 10.9. The van der Waals surface area contributed by atoms with E-state index >= 15 is 0 Å². The molecule has 1 fully saturated rings. The number of nitrogens with one attached hydrogen (secondary N) is 2. The van der Waals surface area contributed by atoms with Crippen LogP contribution in [0.2, 0.25) is 0 Å². The van der Waals surface area contributed by atoms with Crippen LogP contribution in [0.15, 0.2) is 0 Å². The molecule has 1 aliphatic heterocycles. The van der Waals surface area contributed by atoms with Gasteiger partial charge in [-0.25, -0.2) is 0 Å². The van der Waals surface area contributed by atoms with Crippen LogP contribution in [0.3, 0.4) is 0 Å². The zero-order valence-electron chi connectivity index (χ0n) is 11.5. The molecule has 2 N–H and O–H groups in total. The Labute approximate surface area is 124 Å². The maximum Gasteiger partial charge on any atom is 0.445 e. The van der Waals surface area contributed by atoms with E-state index in [1.165, 1.54) is 0 Å². The number of anilines is 1. The quantitative estimate of drug-likeness (QED) is 0.894. The number of nitrogens with zero attached hydrogens (tertiary/aromatic N) is 2. The van der Waals surface area contributed by atoms with E-state index in [0.717, 1.165) is 25.9 Å². The number of amides is 1. The Hall–Kier alpha value is -1.22. The lowest BCUT2D eigenvalue weighted by atomic mass is 9.85. The standard InChI is InChI=1S/C12H17F3N4OS/c1-7(8-3-2-4-16-6-8)5-9(20)17-11-19-18-10(21-11)12(13,14)15/h7-8,16H,2-6H2,1H3,(H,17,19,20). The number of aromatic nitrogens is 2. The van der Waals surface area contributed by atoms with E-state index in [0.29, 0.717) is 17.3 Å². The van der Waals surface area contributed by atoms with Gasteiger partial charge in [0.15, 0.2) is 0 Å². The number of piperidine rings is 1. The fourth-order valence-electron chi connectivity index (χ4n) is 2.38. The zero-order chi connectivity index (χ0) is 15.5. The number of alkyl halides is 3. The van der Waals surface area contributed by atoms with Gasteiger partial charge in [-0.1, -0.05) is 18.3 Å². The molecule has 0 radical (unpaired) electrons. The fraction of sp³-hybridized carbons (Fsp3) is 0.750. The van der Waals surface area contributed by atoms with E-state index in [1.54, 1.807) is 0 Å². The van der Waals surface area contributed by atoms with Crippen molar-refractivity contribution in [3.05, 3.63) is 5.01 Å². The van der Waals surface area contributed by atoms with Crippen molar-refractivity contribution in [1.82, 2.24) is 15.5 Å². The van der Waals surface area contributed by atoms with E-state index in [4.69, 9.17) is 0 Å². The predicted molar refractivity (Wildman–Crippen MR) is 72.9 cm³/mol. The smallest absolute Gasteiger partial charge is 0.316 e. The second kappa shape index (κ2) is 6.69. The molecule has 2 atom stereocenters. The van der Waals surface area contributed by atoms with Crippen molar-refractivity contribution >= 4 is 22.4 Å². The molecule has 2 unspecified atom stereocenters. The minimum Gasteiger partial charge on any atom is -0.316 e. The van der Waals surface area contributed by atoms with Gasteiger partial charge in [0, 0.05) is 6.42 Å². The molecular formula is C12H17F3N4OS. The Bertz CT molecular complexity index is 485. The third-order valence-electron chi connectivity index (χ3n) is 3.56. The SMILES string of the molecule is CC(CC(=O)Nc1nnc(C(F)(F)F)s1)C1CCCNC1. The molecule has 0 aromatic carbocycles. The van der Waals surface area contributed by atoms with E-state index in [-0.39, 0.29) is 23.4 Å². The van der Waals surface area contributed by atoms with E-state index in [1.807, 2.05) is 6.92 Å². The number of carbonyl (C=O) groups is 1. The van der Waals surface area contributed by atoms with Crippen LogP contribution >= 0.6 is 11.3 Å². The summed E-state index contributed by atoms with van der Waals surface area (Å²) in [4.78, 5) is 11.9. The van der Waals surface area contributed by atoms with Gasteiger partial charge in [0.25, 0.3) is 0 Å². The lowest BCUT2D eigenvalue weighted by Gasteiger charge is -2.27. The lowest BCUT2D eigenvalue weighted by molar-refractivity contribution is -0.138. The van der Waals surface area contributed by atoms with Crippen LogP contribution in [0.25, 0.3) is 0 Å². The van der Waals surface area contributed by atoms with Gasteiger partial charge in [-0.15, -0.1) is 10.2 Å². The second-order valence-corrected chi connectivity index (χ2v) is 6.22. The molecule has 9 heteroatoms. The minimum atomic E-state index is -4.53. The molecule has 0 spiro atoms. The van der Waals surface area contributed by atoms with Crippen molar-refractivity contribution in [3.63, 3.8) is 0 Å². The summed E-state index contributed by atoms with van der Waals surface area (Å²) in [6.45, 7) is 3.87. The highest BCUT2D eigenvalue weighted by Gasteiger charge is 2.35. The molecule has 1 aromatic rings. The third-order valence-corrected chi connectivity index (χ3v) is 4.44. The molecule has 2 rings (SSSR count). The van der Waals surface area contributed by atoms with Gasteiger partial charge in [0.2, 0.25) is 16.0 Å². The monoisotopic (exact) mass is 322 g/mol. The first kappa shape index (κ1) is 16.2. The molecule has 21 heavy (non-hydrogen) atoms. The number of carbonyl (C=O) groups excluding carboxylic acids is 1. The number of hydrogen-bond acceptors (Lipinski definition) is 5. The molecule has 1 amide bonds. The highest BCUT2D eigenvalue weighted by Crippen LogP contribution is 2.33. The summed E-state index contributed by atoms with van der Waals surface area (Å²) in [7, 11) is 0. The van der Waals surface area contributed by atoms with Gasteiger partial charge in [0.1, 0.15) is 0 Å². The van der Waals surface area contributed by atoms with E-state index < -0.39 is 11.2 Å². The first-order valence-corrected chi connectivity index (χ1v) is 7.59. The predicted octanol–water partition coefficient (Wildman–Crippen LogP) is 2.52.